The van der Waals surface area contributed by atoms with Crippen molar-refractivity contribution in [3.8, 4) is 0 Å². The molecule has 0 aromatic carbocycles. The molecular weight excluding hydrogens is 316 g/mol. The van der Waals surface area contributed by atoms with Crippen LogP contribution in [-0.4, -0.2) is 67.2 Å². The minimum Gasteiger partial charge on any atom is -0.481 e. The second-order valence-electron chi connectivity index (χ2n) is 4.96. The van der Waals surface area contributed by atoms with Crippen LogP contribution in [0.25, 0.3) is 0 Å². The Labute approximate surface area is 129 Å². The second-order valence-corrected chi connectivity index (χ2v) is 7.99. The minimum absolute atomic E-state index is 0.0895. The van der Waals surface area contributed by atoms with Crippen molar-refractivity contribution >= 4 is 33.7 Å². The van der Waals surface area contributed by atoms with E-state index < -0.39 is 28.0 Å². The maximum Gasteiger partial charge on any atom is 0.308 e. The average molecular weight is 338 g/mol. The van der Waals surface area contributed by atoms with Gasteiger partial charge in [-0.15, -0.1) is 0 Å². The third kappa shape index (κ3) is 5.48. The molecule has 122 valence electrons. The number of carboxylic acids is 1. The van der Waals surface area contributed by atoms with Crippen molar-refractivity contribution in [2.75, 3.05) is 30.9 Å². The standard InChI is InChI=1S/C12H22N2O5S2/c1-3-21(18,19)13-10(5-7-20-2)11(15)14-6-4-9(8-14)12(16)17/h9-10,13H,3-8H2,1-2H3,(H,16,17). The summed E-state index contributed by atoms with van der Waals surface area (Å²) in [7, 11) is -3.48. The predicted molar refractivity (Wildman–Crippen MR) is 81.7 cm³/mol. The van der Waals surface area contributed by atoms with Crippen molar-refractivity contribution in [3.63, 3.8) is 0 Å². The molecule has 0 bridgehead atoms. The summed E-state index contributed by atoms with van der Waals surface area (Å²) in [6.45, 7) is 2.02. The number of amides is 1. The molecule has 1 aliphatic rings. The Hall–Kier alpha value is -0.800. The molecule has 1 fully saturated rings. The molecule has 1 aliphatic heterocycles. The van der Waals surface area contributed by atoms with E-state index in [1.165, 1.54) is 23.6 Å². The Balaban J connectivity index is 2.74. The highest BCUT2D eigenvalue weighted by Crippen LogP contribution is 2.18. The van der Waals surface area contributed by atoms with Crippen LogP contribution in [0.4, 0.5) is 0 Å². The number of hydrogen-bond acceptors (Lipinski definition) is 5. The van der Waals surface area contributed by atoms with E-state index in [1.54, 1.807) is 0 Å². The van der Waals surface area contributed by atoms with Crippen LogP contribution in [0.15, 0.2) is 0 Å². The predicted octanol–water partition coefficient (Wildman–Crippen LogP) is -0.0195. The van der Waals surface area contributed by atoms with Crippen LogP contribution in [0.3, 0.4) is 0 Å². The van der Waals surface area contributed by atoms with Crippen molar-refractivity contribution in [2.45, 2.75) is 25.8 Å². The third-order valence-electron chi connectivity index (χ3n) is 3.46. The first-order valence-corrected chi connectivity index (χ1v) is 9.85. The summed E-state index contributed by atoms with van der Waals surface area (Å²) < 4.78 is 25.8. The molecule has 0 aromatic rings. The van der Waals surface area contributed by atoms with E-state index in [-0.39, 0.29) is 18.2 Å². The summed E-state index contributed by atoms with van der Waals surface area (Å²) in [6.07, 6.45) is 2.69. The second kappa shape index (κ2) is 8.00. The van der Waals surface area contributed by atoms with Crippen LogP contribution >= 0.6 is 11.8 Å². The Morgan fingerprint density at radius 1 is 1.48 bits per heavy atom. The molecule has 1 rings (SSSR count). The largest absolute Gasteiger partial charge is 0.481 e. The van der Waals surface area contributed by atoms with Crippen molar-refractivity contribution in [1.82, 2.24) is 9.62 Å². The minimum atomic E-state index is -3.48. The van der Waals surface area contributed by atoms with Crippen molar-refractivity contribution < 1.29 is 23.1 Å². The highest BCUT2D eigenvalue weighted by Gasteiger charge is 2.34. The molecular formula is C12H22N2O5S2. The zero-order chi connectivity index (χ0) is 16.0. The molecule has 0 aromatic heterocycles. The van der Waals surface area contributed by atoms with Crippen LogP contribution in [0.5, 0.6) is 0 Å². The normalized spacial score (nSPS) is 20.5. The number of sulfonamides is 1. The maximum atomic E-state index is 12.4. The Morgan fingerprint density at radius 2 is 2.14 bits per heavy atom. The van der Waals surface area contributed by atoms with Gasteiger partial charge in [0.1, 0.15) is 6.04 Å². The van der Waals surface area contributed by atoms with Gasteiger partial charge in [-0.25, -0.2) is 13.1 Å². The first-order chi connectivity index (χ1) is 9.80. The molecule has 0 aliphatic carbocycles. The number of rotatable bonds is 8. The SMILES string of the molecule is CCS(=O)(=O)NC(CCSC)C(=O)N1CCC(C(=O)O)C1. The summed E-state index contributed by atoms with van der Waals surface area (Å²) >= 11 is 1.53. The van der Waals surface area contributed by atoms with E-state index in [9.17, 15) is 18.0 Å². The first kappa shape index (κ1) is 18.2. The summed E-state index contributed by atoms with van der Waals surface area (Å²) in [6, 6.07) is -0.810. The van der Waals surface area contributed by atoms with Gasteiger partial charge in [0.15, 0.2) is 0 Å². The molecule has 0 saturated carbocycles. The van der Waals surface area contributed by atoms with Crippen LogP contribution in [0, 0.1) is 5.92 Å². The zero-order valence-electron chi connectivity index (χ0n) is 12.2. The summed E-state index contributed by atoms with van der Waals surface area (Å²) in [4.78, 5) is 24.8. The van der Waals surface area contributed by atoms with Crippen molar-refractivity contribution in [1.29, 1.82) is 0 Å². The monoisotopic (exact) mass is 338 g/mol. The molecule has 21 heavy (non-hydrogen) atoms. The fourth-order valence-corrected chi connectivity index (χ4v) is 3.44. The smallest absolute Gasteiger partial charge is 0.308 e. The summed E-state index contributed by atoms with van der Waals surface area (Å²) in [5.41, 5.74) is 0. The number of likely N-dealkylation sites (tertiary alicyclic amines) is 1. The molecule has 1 saturated heterocycles. The van der Waals surface area contributed by atoms with Gasteiger partial charge >= 0.3 is 5.97 Å². The van der Waals surface area contributed by atoms with Crippen LogP contribution in [0.2, 0.25) is 0 Å². The van der Waals surface area contributed by atoms with Crippen LogP contribution in [-0.2, 0) is 19.6 Å². The molecule has 2 atom stereocenters. The molecule has 1 amide bonds. The van der Waals surface area contributed by atoms with E-state index in [1.807, 2.05) is 6.26 Å². The Kier molecular flexibility index (Phi) is 6.95. The lowest BCUT2D eigenvalue weighted by Gasteiger charge is -2.23. The quantitative estimate of drug-likeness (QED) is 0.645. The van der Waals surface area contributed by atoms with Gasteiger partial charge in [0, 0.05) is 13.1 Å². The number of aliphatic carboxylic acids is 1. The fraction of sp³-hybridized carbons (Fsp3) is 0.833. The maximum absolute atomic E-state index is 12.4. The summed E-state index contributed by atoms with van der Waals surface area (Å²) in [5.74, 6) is -1.24. The lowest BCUT2D eigenvalue weighted by atomic mass is 10.1. The van der Waals surface area contributed by atoms with Gasteiger partial charge in [-0.05, 0) is 31.8 Å². The number of nitrogens with zero attached hydrogens (tertiary/aromatic N) is 1. The van der Waals surface area contributed by atoms with Gasteiger partial charge in [-0.2, -0.15) is 11.8 Å². The van der Waals surface area contributed by atoms with Gasteiger partial charge in [0.25, 0.3) is 0 Å². The van der Waals surface area contributed by atoms with Gasteiger partial charge in [0.2, 0.25) is 15.9 Å². The van der Waals surface area contributed by atoms with Crippen molar-refractivity contribution in [2.24, 2.45) is 5.92 Å². The lowest BCUT2D eigenvalue weighted by Crippen LogP contribution is -2.48. The van der Waals surface area contributed by atoms with E-state index in [4.69, 9.17) is 5.11 Å². The highest BCUT2D eigenvalue weighted by molar-refractivity contribution is 7.98. The van der Waals surface area contributed by atoms with Crippen molar-refractivity contribution in [3.05, 3.63) is 0 Å². The molecule has 7 nitrogen and oxygen atoms in total. The molecule has 0 radical (unpaired) electrons. The number of carbonyl (C=O) groups excluding carboxylic acids is 1. The van der Waals surface area contributed by atoms with E-state index in [2.05, 4.69) is 4.72 Å². The first-order valence-electron chi connectivity index (χ1n) is 6.81. The number of nitrogens with one attached hydrogen (secondary N) is 1. The summed E-state index contributed by atoms with van der Waals surface area (Å²) in [5, 5.41) is 8.96. The van der Waals surface area contributed by atoms with E-state index in [0.29, 0.717) is 25.1 Å². The topological polar surface area (TPSA) is 104 Å². The van der Waals surface area contributed by atoms with Gasteiger partial charge in [-0.3, -0.25) is 9.59 Å². The number of carbonyl (C=O) groups is 2. The Morgan fingerprint density at radius 3 is 2.62 bits per heavy atom. The highest BCUT2D eigenvalue weighted by atomic mass is 32.2. The molecule has 2 N–H and O–H groups in total. The van der Waals surface area contributed by atoms with Gasteiger partial charge < -0.3 is 10.0 Å². The number of thioether (sulfide) groups is 1. The average Bonchev–Trinajstić information content (AvgIpc) is 2.92. The molecule has 9 heteroatoms. The third-order valence-corrected chi connectivity index (χ3v) is 5.51. The van der Waals surface area contributed by atoms with E-state index >= 15 is 0 Å². The van der Waals surface area contributed by atoms with Gasteiger partial charge in [0.05, 0.1) is 11.7 Å². The van der Waals surface area contributed by atoms with Gasteiger partial charge in [-0.1, -0.05) is 0 Å². The number of hydrogen-bond donors (Lipinski definition) is 2. The molecule has 2 unspecified atom stereocenters. The zero-order valence-corrected chi connectivity index (χ0v) is 13.9. The molecule has 0 spiro atoms. The number of carboxylic acid groups (broad SMARTS) is 1. The molecule has 1 heterocycles. The Bertz CT molecular complexity index is 480. The fourth-order valence-electron chi connectivity index (χ4n) is 2.15. The lowest BCUT2D eigenvalue weighted by molar-refractivity contribution is -0.141. The van der Waals surface area contributed by atoms with Crippen LogP contribution in [0.1, 0.15) is 19.8 Å². The van der Waals surface area contributed by atoms with E-state index in [0.717, 1.165) is 0 Å². The van der Waals surface area contributed by atoms with Crippen LogP contribution < -0.4 is 4.72 Å².